The van der Waals surface area contributed by atoms with E-state index in [2.05, 4.69) is 5.32 Å². The summed E-state index contributed by atoms with van der Waals surface area (Å²) in [5.41, 5.74) is 1.00. The normalized spacial score (nSPS) is 18.9. The van der Waals surface area contributed by atoms with Gasteiger partial charge in [-0.05, 0) is 30.9 Å². The van der Waals surface area contributed by atoms with Gasteiger partial charge in [-0.3, -0.25) is 9.59 Å². The van der Waals surface area contributed by atoms with E-state index in [1.54, 1.807) is 11.9 Å². The van der Waals surface area contributed by atoms with E-state index in [-0.39, 0.29) is 17.9 Å². The van der Waals surface area contributed by atoms with Crippen LogP contribution < -0.4 is 5.32 Å². The van der Waals surface area contributed by atoms with Gasteiger partial charge in [0.25, 0.3) is 0 Å². The number of carbonyl (C=O) groups is 2. The summed E-state index contributed by atoms with van der Waals surface area (Å²) in [7, 11) is 1.77. The van der Waals surface area contributed by atoms with Gasteiger partial charge < -0.3 is 10.2 Å². The van der Waals surface area contributed by atoms with E-state index in [0.717, 1.165) is 24.8 Å². The lowest BCUT2D eigenvalue weighted by atomic mass is 10.1. The Morgan fingerprint density at radius 3 is 2.90 bits per heavy atom. The van der Waals surface area contributed by atoms with Crippen LogP contribution in [0.4, 0.5) is 0 Å². The van der Waals surface area contributed by atoms with E-state index in [0.29, 0.717) is 28.1 Å². The van der Waals surface area contributed by atoms with E-state index in [4.69, 9.17) is 23.2 Å². The third-order valence-electron chi connectivity index (χ3n) is 3.57. The van der Waals surface area contributed by atoms with Gasteiger partial charge >= 0.3 is 0 Å². The van der Waals surface area contributed by atoms with Crippen molar-refractivity contribution in [3.63, 3.8) is 0 Å². The summed E-state index contributed by atoms with van der Waals surface area (Å²) >= 11 is 13.3. The lowest BCUT2D eigenvalue weighted by molar-refractivity contribution is -0.134. The second-order valence-corrected chi connectivity index (χ2v) is 7.57. The lowest BCUT2D eigenvalue weighted by Crippen LogP contribution is -2.48. The highest BCUT2D eigenvalue weighted by molar-refractivity contribution is 7.20. The fourth-order valence-electron chi connectivity index (χ4n) is 2.41. The molecular weight excluding hydrogens is 331 g/mol. The molecule has 116 valence electrons. The van der Waals surface area contributed by atoms with E-state index in [1.165, 1.54) is 11.3 Å². The number of hydrogen-bond acceptors (Lipinski definition) is 3. The van der Waals surface area contributed by atoms with E-state index in [9.17, 15) is 9.59 Å². The highest BCUT2D eigenvalue weighted by atomic mass is 35.5. The van der Waals surface area contributed by atoms with Crippen molar-refractivity contribution in [3.05, 3.63) is 20.3 Å². The maximum Gasteiger partial charge on any atom is 0.222 e. The van der Waals surface area contributed by atoms with Crippen molar-refractivity contribution in [1.29, 1.82) is 0 Å². The molecule has 4 nitrogen and oxygen atoms in total. The number of nitrogens with one attached hydrogen (secondary N) is 1. The molecular formula is C14H18Cl2N2O2S. The maximum atomic E-state index is 11.9. The second-order valence-electron chi connectivity index (χ2n) is 5.28. The molecule has 1 fully saturated rings. The Balaban J connectivity index is 1.70. The molecule has 1 aliphatic rings. The molecule has 21 heavy (non-hydrogen) atoms. The first-order chi connectivity index (χ1) is 9.95. The molecule has 1 N–H and O–H groups in total. The number of nitrogens with zero attached hydrogens (tertiary/aromatic N) is 1. The molecule has 2 amide bonds. The monoisotopic (exact) mass is 348 g/mol. The zero-order chi connectivity index (χ0) is 15.4. The number of carbonyl (C=O) groups excluding carboxylic acids is 2. The van der Waals surface area contributed by atoms with Crippen LogP contribution in [0.2, 0.25) is 8.67 Å². The average Bonchev–Trinajstić information content (AvgIpc) is 2.72. The summed E-state index contributed by atoms with van der Waals surface area (Å²) in [5.74, 6) is 0.171. The van der Waals surface area contributed by atoms with Crippen molar-refractivity contribution in [3.8, 4) is 0 Å². The smallest absolute Gasteiger partial charge is 0.222 e. The first kappa shape index (κ1) is 16.6. The van der Waals surface area contributed by atoms with Crippen LogP contribution in [0.15, 0.2) is 6.07 Å². The first-order valence-electron chi connectivity index (χ1n) is 6.92. The van der Waals surface area contributed by atoms with Crippen molar-refractivity contribution in [2.75, 3.05) is 13.6 Å². The Labute approximate surface area is 138 Å². The zero-order valence-corrected chi connectivity index (χ0v) is 14.2. The highest BCUT2D eigenvalue weighted by Crippen LogP contribution is 2.32. The van der Waals surface area contributed by atoms with Crippen LogP contribution in [0.5, 0.6) is 0 Å². The van der Waals surface area contributed by atoms with Gasteiger partial charge in [0.15, 0.2) is 0 Å². The molecule has 1 atom stereocenters. The van der Waals surface area contributed by atoms with Crippen molar-refractivity contribution in [2.45, 2.75) is 38.1 Å². The molecule has 1 aromatic rings. The second kappa shape index (κ2) is 7.47. The molecule has 7 heteroatoms. The largest absolute Gasteiger partial charge is 0.352 e. The number of thiophene rings is 1. The van der Waals surface area contributed by atoms with Crippen LogP contribution in [0, 0.1) is 0 Å². The number of aryl methyl sites for hydroxylation is 1. The number of likely N-dealkylation sites (tertiary alicyclic amines) is 1. The number of halogens is 2. The van der Waals surface area contributed by atoms with E-state index < -0.39 is 0 Å². The summed E-state index contributed by atoms with van der Waals surface area (Å²) in [5, 5.41) is 2.99. The number of rotatable bonds is 5. The van der Waals surface area contributed by atoms with Gasteiger partial charge in [-0.15, -0.1) is 11.3 Å². The third kappa shape index (κ3) is 4.87. The number of amides is 2. The molecule has 1 aromatic heterocycles. The molecule has 2 rings (SSSR count). The SMILES string of the molecule is CN1C[C@H](NC(=O)CCCc2cc(Cl)sc2Cl)CCC1=O. The molecule has 0 radical (unpaired) electrons. The topological polar surface area (TPSA) is 49.4 Å². The van der Waals surface area contributed by atoms with Gasteiger partial charge in [0.05, 0.1) is 8.67 Å². The highest BCUT2D eigenvalue weighted by Gasteiger charge is 2.23. The third-order valence-corrected chi connectivity index (χ3v) is 5.14. The summed E-state index contributed by atoms with van der Waals surface area (Å²) in [4.78, 5) is 25.0. The van der Waals surface area contributed by atoms with Gasteiger partial charge in [0, 0.05) is 32.5 Å². The number of hydrogen-bond donors (Lipinski definition) is 1. The molecule has 0 aromatic carbocycles. The van der Waals surface area contributed by atoms with Crippen molar-refractivity contribution in [1.82, 2.24) is 10.2 Å². The first-order valence-corrected chi connectivity index (χ1v) is 8.50. The van der Waals surface area contributed by atoms with Crippen molar-refractivity contribution < 1.29 is 9.59 Å². The summed E-state index contributed by atoms with van der Waals surface area (Å²) in [6.07, 6.45) is 3.17. The van der Waals surface area contributed by atoms with Crippen LogP contribution in [0.1, 0.15) is 31.2 Å². The van der Waals surface area contributed by atoms with Gasteiger partial charge in [-0.1, -0.05) is 23.2 Å². The van der Waals surface area contributed by atoms with Gasteiger partial charge in [0.1, 0.15) is 0 Å². The van der Waals surface area contributed by atoms with Crippen LogP contribution >= 0.6 is 34.5 Å². The van der Waals surface area contributed by atoms with Gasteiger partial charge in [0.2, 0.25) is 11.8 Å². The molecule has 0 saturated carbocycles. The Hall–Kier alpha value is -0.780. The molecule has 0 unspecified atom stereocenters. The standard InChI is InChI=1S/C14H18Cl2N2O2S/c1-18-8-10(5-6-13(18)20)17-12(19)4-2-3-9-7-11(15)21-14(9)16/h7,10H,2-6,8H2,1H3,(H,17,19)/t10-/m1/s1. The van der Waals surface area contributed by atoms with Crippen LogP contribution in [-0.2, 0) is 16.0 Å². The lowest BCUT2D eigenvalue weighted by Gasteiger charge is -2.30. The summed E-state index contributed by atoms with van der Waals surface area (Å²) in [6, 6.07) is 1.92. The quantitative estimate of drug-likeness (QED) is 0.888. The minimum Gasteiger partial charge on any atom is -0.352 e. The summed E-state index contributed by atoms with van der Waals surface area (Å²) < 4.78 is 1.38. The predicted octanol–water partition coefficient (Wildman–Crippen LogP) is 3.11. The number of likely N-dealkylation sites (N-methyl/N-ethyl adjacent to an activating group) is 1. The van der Waals surface area contributed by atoms with Gasteiger partial charge in [-0.2, -0.15) is 0 Å². The molecule has 0 spiro atoms. The van der Waals surface area contributed by atoms with Crippen LogP contribution in [0.3, 0.4) is 0 Å². The minimum atomic E-state index is 0.0280. The Kier molecular flexibility index (Phi) is 5.90. The minimum absolute atomic E-state index is 0.0280. The molecule has 2 heterocycles. The Morgan fingerprint density at radius 1 is 1.52 bits per heavy atom. The maximum absolute atomic E-state index is 11.9. The van der Waals surface area contributed by atoms with E-state index >= 15 is 0 Å². The van der Waals surface area contributed by atoms with Crippen molar-refractivity contribution >= 4 is 46.4 Å². The predicted molar refractivity (Wildman–Crippen MR) is 86.1 cm³/mol. The Bertz CT molecular complexity index is 533. The molecule has 1 saturated heterocycles. The molecule has 0 bridgehead atoms. The fraction of sp³-hybridized carbons (Fsp3) is 0.571. The molecule has 1 aliphatic heterocycles. The van der Waals surface area contributed by atoms with Crippen molar-refractivity contribution in [2.24, 2.45) is 0 Å². The van der Waals surface area contributed by atoms with Crippen LogP contribution in [0.25, 0.3) is 0 Å². The number of piperidine rings is 1. The summed E-state index contributed by atoms with van der Waals surface area (Å²) in [6.45, 7) is 0.594. The Morgan fingerprint density at radius 2 is 2.29 bits per heavy atom. The van der Waals surface area contributed by atoms with Crippen LogP contribution in [-0.4, -0.2) is 36.3 Å². The van der Waals surface area contributed by atoms with E-state index in [1.807, 2.05) is 6.07 Å². The zero-order valence-electron chi connectivity index (χ0n) is 11.8. The molecule has 0 aliphatic carbocycles. The van der Waals surface area contributed by atoms with Gasteiger partial charge in [-0.25, -0.2) is 0 Å². The average molecular weight is 349 g/mol. The fourth-order valence-corrected chi connectivity index (χ4v) is 3.96.